The molecule has 19 heavy (non-hydrogen) atoms. The van der Waals surface area contributed by atoms with Gasteiger partial charge in [-0.2, -0.15) is 0 Å². The Morgan fingerprint density at radius 2 is 2.11 bits per heavy atom. The molecule has 0 fully saturated rings. The molecular formula is C14H17N3OS. The van der Waals surface area contributed by atoms with Crippen molar-refractivity contribution in [2.45, 2.75) is 26.4 Å². The summed E-state index contributed by atoms with van der Waals surface area (Å²) in [5, 5.41) is 3.77. The number of nitrogens with one attached hydrogen (secondary N) is 1. The Kier molecular flexibility index (Phi) is 4.29. The van der Waals surface area contributed by atoms with E-state index in [4.69, 9.17) is 5.73 Å². The van der Waals surface area contributed by atoms with Crippen LogP contribution in [0.4, 0.5) is 0 Å². The van der Waals surface area contributed by atoms with Gasteiger partial charge in [-0.3, -0.25) is 4.79 Å². The summed E-state index contributed by atoms with van der Waals surface area (Å²) in [4.78, 5) is 17.1. The summed E-state index contributed by atoms with van der Waals surface area (Å²) in [6.07, 6.45) is 0. The number of benzene rings is 1. The van der Waals surface area contributed by atoms with Crippen LogP contribution >= 0.6 is 11.3 Å². The maximum absolute atomic E-state index is 12.2. The lowest BCUT2D eigenvalue weighted by molar-refractivity contribution is 0.0943. The van der Waals surface area contributed by atoms with Gasteiger partial charge in [-0.15, -0.1) is 11.3 Å². The zero-order valence-electron chi connectivity index (χ0n) is 11.0. The van der Waals surface area contributed by atoms with Crippen molar-refractivity contribution in [3.8, 4) is 0 Å². The second-order valence-corrected chi connectivity index (χ2v) is 5.42. The van der Waals surface area contributed by atoms with Gasteiger partial charge < -0.3 is 11.1 Å². The smallest absolute Gasteiger partial charge is 0.263 e. The number of hydrogen-bond acceptors (Lipinski definition) is 4. The second kappa shape index (κ2) is 5.95. The number of carbonyl (C=O) groups excluding carboxylic acids is 1. The third-order valence-corrected chi connectivity index (χ3v) is 4.05. The van der Waals surface area contributed by atoms with E-state index in [2.05, 4.69) is 10.3 Å². The monoisotopic (exact) mass is 275 g/mol. The molecule has 1 amide bonds. The van der Waals surface area contributed by atoms with E-state index in [1.165, 1.54) is 11.3 Å². The first-order chi connectivity index (χ1) is 9.11. The van der Waals surface area contributed by atoms with Gasteiger partial charge in [0.05, 0.1) is 11.7 Å². The van der Waals surface area contributed by atoms with E-state index in [0.717, 1.165) is 16.3 Å². The van der Waals surface area contributed by atoms with E-state index in [0.29, 0.717) is 11.4 Å². The third-order valence-electron chi connectivity index (χ3n) is 2.87. The fourth-order valence-electron chi connectivity index (χ4n) is 1.84. The number of rotatable bonds is 4. The molecule has 0 saturated heterocycles. The molecule has 3 N–H and O–H groups in total. The molecule has 100 valence electrons. The van der Waals surface area contributed by atoms with Crippen LogP contribution in [0.15, 0.2) is 30.3 Å². The van der Waals surface area contributed by atoms with Gasteiger partial charge in [-0.25, -0.2) is 4.98 Å². The first-order valence-corrected chi connectivity index (χ1v) is 6.95. The number of nitrogens with two attached hydrogens (primary N) is 1. The number of thiazole rings is 1. The second-order valence-electron chi connectivity index (χ2n) is 4.33. The molecule has 1 unspecified atom stereocenters. The van der Waals surface area contributed by atoms with Crippen LogP contribution in [-0.2, 0) is 6.54 Å². The molecule has 0 aliphatic heterocycles. The lowest BCUT2D eigenvalue weighted by Crippen LogP contribution is -2.26. The van der Waals surface area contributed by atoms with Crippen molar-refractivity contribution in [1.29, 1.82) is 0 Å². The standard InChI is InChI=1S/C14H17N3OS/c1-9(11-6-4-3-5-7-11)17-14(18)13-10(2)16-12(8-15)19-13/h3-7,9H,8,15H2,1-2H3,(H,17,18). The Morgan fingerprint density at radius 3 is 2.68 bits per heavy atom. The molecule has 1 heterocycles. The topological polar surface area (TPSA) is 68.0 Å². The maximum atomic E-state index is 12.2. The molecule has 2 rings (SSSR count). The molecule has 5 heteroatoms. The molecule has 1 atom stereocenters. The van der Waals surface area contributed by atoms with Crippen LogP contribution in [0.3, 0.4) is 0 Å². The number of aromatic nitrogens is 1. The van der Waals surface area contributed by atoms with Crippen LogP contribution in [-0.4, -0.2) is 10.9 Å². The Labute approximate surface area is 116 Å². The number of carbonyl (C=O) groups is 1. The zero-order chi connectivity index (χ0) is 13.8. The van der Waals surface area contributed by atoms with Crippen LogP contribution in [0.5, 0.6) is 0 Å². The lowest BCUT2D eigenvalue weighted by atomic mass is 10.1. The predicted octanol–water partition coefficient (Wildman–Crippen LogP) is 2.40. The molecule has 1 aromatic carbocycles. The van der Waals surface area contributed by atoms with Crippen LogP contribution < -0.4 is 11.1 Å². The van der Waals surface area contributed by atoms with Gasteiger partial charge in [0, 0.05) is 6.54 Å². The van der Waals surface area contributed by atoms with Crippen LogP contribution in [0, 0.1) is 6.92 Å². The minimum Gasteiger partial charge on any atom is -0.345 e. The van der Waals surface area contributed by atoms with Crippen LogP contribution in [0.25, 0.3) is 0 Å². The van der Waals surface area contributed by atoms with Gasteiger partial charge in [0.1, 0.15) is 9.88 Å². The van der Waals surface area contributed by atoms with Gasteiger partial charge in [0.25, 0.3) is 5.91 Å². The SMILES string of the molecule is Cc1nc(CN)sc1C(=O)NC(C)c1ccccc1. The maximum Gasteiger partial charge on any atom is 0.263 e. The van der Waals surface area contributed by atoms with Gasteiger partial charge in [-0.05, 0) is 19.4 Å². The molecule has 0 aliphatic rings. The minimum atomic E-state index is -0.0916. The number of amides is 1. The molecule has 0 aliphatic carbocycles. The Bertz CT molecular complexity index is 565. The highest BCUT2D eigenvalue weighted by atomic mass is 32.1. The van der Waals surface area contributed by atoms with Crippen molar-refractivity contribution in [2.24, 2.45) is 5.73 Å². The quantitative estimate of drug-likeness (QED) is 0.900. The van der Waals surface area contributed by atoms with Gasteiger partial charge in [-0.1, -0.05) is 30.3 Å². The van der Waals surface area contributed by atoms with Crippen LogP contribution in [0.1, 0.15) is 38.9 Å². The summed E-state index contributed by atoms with van der Waals surface area (Å²) in [6, 6.07) is 9.84. The van der Waals surface area contributed by atoms with E-state index >= 15 is 0 Å². The first-order valence-electron chi connectivity index (χ1n) is 6.14. The third kappa shape index (κ3) is 3.19. The summed E-state index contributed by atoms with van der Waals surface area (Å²) < 4.78 is 0. The van der Waals surface area contributed by atoms with Crippen LogP contribution in [0.2, 0.25) is 0 Å². The average Bonchev–Trinajstić information content (AvgIpc) is 2.81. The van der Waals surface area contributed by atoms with Crippen molar-refractivity contribution in [1.82, 2.24) is 10.3 Å². The normalized spacial score (nSPS) is 12.2. The largest absolute Gasteiger partial charge is 0.345 e. The van der Waals surface area contributed by atoms with Gasteiger partial charge >= 0.3 is 0 Å². The van der Waals surface area contributed by atoms with Crippen molar-refractivity contribution < 1.29 is 4.79 Å². The van der Waals surface area contributed by atoms with Crippen molar-refractivity contribution in [3.05, 3.63) is 51.5 Å². The van der Waals surface area contributed by atoms with E-state index < -0.39 is 0 Å². The van der Waals surface area contributed by atoms with Crippen molar-refractivity contribution in [2.75, 3.05) is 0 Å². The average molecular weight is 275 g/mol. The van der Waals surface area contributed by atoms with Crippen molar-refractivity contribution in [3.63, 3.8) is 0 Å². The predicted molar refractivity (Wildman–Crippen MR) is 77.1 cm³/mol. The van der Waals surface area contributed by atoms with E-state index in [1.807, 2.05) is 44.2 Å². The lowest BCUT2D eigenvalue weighted by Gasteiger charge is -2.13. The molecule has 4 nitrogen and oxygen atoms in total. The fraction of sp³-hybridized carbons (Fsp3) is 0.286. The molecule has 2 aromatic rings. The molecular weight excluding hydrogens is 258 g/mol. The van der Waals surface area contributed by atoms with Crippen molar-refractivity contribution >= 4 is 17.2 Å². The first kappa shape index (κ1) is 13.7. The Morgan fingerprint density at radius 1 is 1.42 bits per heavy atom. The highest BCUT2D eigenvalue weighted by molar-refractivity contribution is 7.13. The Balaban J connectivity index is 2.10. The summed E-state index contributed by atoms with van der Waals surface area (Å²) in [7, 11) is 0. The minimum absolute atomic E-state index is 0.0310. The highest BCUT2D eigenvalue weighted by Crippen LogP contribution is 2.19. The summed E-state index contributed by atoms with van der Waals surface area (Å²) in [6.45, 7) is 4.16. The summed E-state index contributed by atoms with van der Waals surface area (Å²) in [5.41, 5.74) is 7.36. The zero-order valence-corrected chi connectivity index (χ0v) is 11.8. The number of nitrogens with zero attached hydrogens (tertiary/aromatic N) is 1. The molecule has 0 bridgehead atoms. The van der Waals surface area contributed by atoms with E-state index in [1.54, 1.807) is 0 Å². The number of aryl methyl sites for hydroxylation is 1. The molecule has 0 radical (unpaired) electrons. The van der Waals surface area contributed by atoms with E-state index in [-0.39, 0.29) is 11.9 Å². The summed E-state index contributed by atoms with van der Waals surface area (Å²) >= 11 is 1.36. The van der Waals surface area contributed by atoms with Gasteiger partial charge in [0.2, 0.25) is 0 Å². The highest BCUT2D eigenvalue weighted by Gasteiger charge is 2.17. The van der Waals surface area contributed by atoms with E-state index in [9.17, 15) is 4.79 Å². The Hall–Kier alpha value is -1.72. The molecule has 1 aromatic heterocycles. The molecule has 0 spiro atoms. The summed E-state index contributed by atoms with van der Waals surface area (Å²) in [5.74, 6) is -0.0916. The fourth-order valence-corrected chi connectivity index (χ4v) is 2.68. The molecule has 0 saturated carbocycles. The van der Waals surface area contributed by atoms with Gasteiger partial charge in [0.15, 0.2) is 0 Å². The number of hydrogen-bond donors (Lipinski definition) is 2.